The van der Waals surface area contributed by atoms with Crippen LogP contribution in [0.4, 0.5) is 4.39 Å². The van der Waals surface area contributed by atoms with Gasteiger partial charge in [0.25, 0.3) is 0 Å². The van der Waals surface area contributed by atoms with E-state index < -0.39 is 0 Å². The van der Waals surface area contributed by atoms with Crippen LogP contribution in [0.2, 0.25) is 0 Å². The van der Waals surface area contributed by atoms with Crippen LogP contribution in [0.15, 0.2) is 57.8 Å². The Morgan fingerprint density at radius 2 is 1.95 bits per heavy atom. The lowest BCUT2D eigenvalue weighted by Crippen LogP contribution is -1.77. The summed E-state index contributed by atoms with van der Waals surface area (Å²) in [5.74, 6) is -0.288. The molecular weight excluding hydrogens is 303 g/mol. The molecule has 0 aliphatic rings. The molecule has 5 heteroatoms. The number of hydrogen-bond acceptors (Lipinski definition) is 4. The Kier molecular flexibility index (Phi) is 4.00. The molecule has 0 unspecified atom stereocenters. The average molecular weight is 312 g/mol. The molecule has 2 aromatic carbocycles. The topological polar surface area (TPSA) is 36.7 Å². The Hall–Kier alpha value is -2.16. The van der Waals surface area contributed by atoms with Crippen molar-refractivity contribution in [2.24, 2.45) is 0 Å². The molecule has 0 aliphatic heterocycles. The van der Waals surface area contributed by atoms with Gasteiger partial charge in [-0.2, -0.15) is 5.26 Å². The Balaban J connectivity index is 1.87. The highest BCUT2D eigenvalue weighted by Gasteiger charge is 2.07. The van der Waals surface area contributed by atoms with Gasteiger partial charge < -0.3 is 0 Å². The molecule has 2 nitrogen and oxygen atoms in total. The highest BCUT2D eigenvalue weighted by Crippen LogP contribution is 2.34. The Bertz CT molecular complexity index is 812. The second-order valence-electron chi connectivity index (χ2n) is 4.22. The summed E-state index contributed by atoms with van der Waals surface area (Å²) in [6, 6.07) is 16.1. The van der Waals surface area contributed by atoms with Crippen LogP contribution in [0.1, 0.15) is 5.56 Å². The Labute approximate surface area is 129 Å². The third-order valence-corrected chi connectivity index (χ3v) is 4.78. The largest absolute Gasteiger partial charge is 0.229 e. The summed E-state index contributed by atoms with van der Waals surface area (Å²) in [7, 11) is 0. The minimum atomic E-state index is -0.288. The fourth-order valence-electron chi connectivity index (χ4n) is 1.78. The molecule has 0 bridgehead atoms. The zero-order chi connectivity index (χ0) is 14.7. The maximum atomic E-state index is 12.9. The van der Waals surface area contributed by atoms with Crippen LogP contribution in [-0.2, 0) is 0 Å². The number of hydrogen-bond donors (Lipinski definition) is 0. The van der Waals surface area contributed by atoms with E-state index in [9.17, 15) is 9.65 Å². The fourth-order valence-corrected chi connectivity index (χ4v) is 3.76. The second kappa shape index (κ2) is 6.08. The van der Waals surface area contributed by atoms with E-state index in [1.807, 2.05) is 24.3 Å². The van der Waals surface area contributed by atoms with Crippen LogP contribution < -0.4 is 0 Å². The summed E-state index contributed by atoms with van der Waals surface area (Å²) < 4.78 is 14.8. The zero-order valence-electron chi connectivity index (χ0n) is 10.8. The monoisotopic (exact) mass is 312 g/mol. The van der Waals surface area contributed by atoms with Gasteiger partial charge in [-0.15, -0.1) is 11.3 Å². The minimum Gasteiger partial charge on any atom is -0.229 e. The lowest BCUT2D eigenvalue weighted by Gasteiger charge is -1.96. The zero-order valence-corrected chi connectivity index (χ0v) is 12.4. The molecule has 102 valence electrons. The van der Waals surface area contributed by atoms with Gasteiger partial charge in [0, 0.05) is 0 Å². The van der Waals surface area contributed by atoms with Gasteiger partial charge in [0.1, 0.15) is 11.9 Å². The van der Waals surface area contributed by atoms with E-state index in [-0.39, 0.29) is 5.82 Å². The molecule has 0 radical (unpaired) electrons. The summed E-state index contributed by atoms with van der Waals surface area (Å²) in [5, 5.41) is 9.24. The smallest absolute Gasteiger partial charge is 0.156 e. The number of thioether (sulfide) groups is 1. The maximum absolute atomic E-state index is 12.9. The van der Waals surface area contributed by atoms with Crippen molar-refractivity contribution in [1.29, 1.82) is 5.26 Å². The van der Waals surface area contributed by atoms with E-state index in [4.69, 9.17) is 0 Å². The molecular formula is C16H9FN2S2. The number of para-hydroxylation sites is 1. The number of fused-ring (bicyclic) bond motifs is 1. The van der Waals surface area contributed by atoms with E-state index in [0.717, 1.165) is 20.1 Å². The van der Waals surface area contributed by atoms with Gasteiger partial charge in [-0.1, -0.05) is 24.3 Å². The first kappa shape index (κ1) is 13.8. The first-order valence-electron chi connectivity index (χ1n) is 6.15. The molecule has 0 aliphatic carbocycles. The SMILES string of the molecule is N#C/C(=C\c1ccc(F)cc1)Sc1nc2ccccc2s1. The predicted molar refractivity (Wildman–Crippen MR) is 85.5 cm³/mol. The number of nitriles is 1. The third-order valence-electron chi connectivity index (χ3n) is 2.75. The molecule has 0 N–H and O–H groups in total. The normalized spacial score (nSPS) is 11.5. The molecule has 0 fully saturated rings. The fraction of sp³-hybridized carbons (Fsp3) is 0. The molecule has 21 heavy (non-hydrogen) atoms. The maximum Gasteiger partial charge on any atom is 0.156 e. The van der Waals surface area contributed by atoms with Crippen LogP contribution in [0.25, 0.3) is 16.3 Å². The summed E-state index contributed by atoms with van der Waals surface area (Å²) in [6.07, 6.45) is 1.73. The highest BCUT2D eigenvalue weighted by atomic mass is 32.2. The van der Waals surface area contributed by atoms with E-state index in [1.54, 1.807) is 29.5 Å². The van der Waals surface area contributed by atoms with Gasteiger partial charge >= 0.3 is 0 Å². The summed E-state index contributed by atoms with van der Waals surface area (Å²) in [5.41, 5.74) is 1.73. The number of rotatable bonds is 3. The predicted octanol–water partition coefficient (Wildman–Crippen LogP) is 5.09. The number of nitrogens with zero attached hydrogens (tertiary/aromatic N) is 2. The molecule has 0 saturated carbocycles. The number of halogens is 1. The summed E-state index contributed by atoms with van der Waals surface area (Å²) in [6.45, 7) is 0. The van der Waals surface area contributed by atoms with Gasteiger partial charge in [0.2, 0.25) is 0 Å². The van der Waals surface area contributed by atoms with Gasteiger partial charge in [0.15, 0.2) is 4.34 Å². The van der Waals surface area contributed by atoms with Crippen molar-refractivity contribution >= 4 is 39.4 Å². The number of allylic oxidation sites excluding steroid dienone is 1. The average Bonchev–Trinajstić information content (AvgIpc) is 2.91. The molecule has 3 rings (SSSR count). The van der Waals surface area contributed by atoms with Gasteiger partial charge in [-0.3, -0.25) is 0 Å². The first-order valence-corrected chi connectivity index (χ1v) is 7.79. The Morgan fingerprint density at radius 3 is 2.67 bits per heavy atom. The molecule has 0 spiro atoms. The van der Waals surface area contributed by atoms with E-state index >= 15 is 0 Å². The van der Waals surface area contributed by atoms with Gasteiger partial charge in [-0.25, -0.2) is 9.37 Å². The van der Waals surface area contributed by atoms with Crippen molar-refractivity contribution in [3.05, 3.63) is 64.8 Å². The standard InChI is InChI=1S/C16H9FN2S2/c17-12-7-5-11(6-8-12)9-13(10-18)20-16-19-14-3-1-2-4-15(14)21-16/h1-9H/b13-9+. The highest BCUT2D eigenvalue weighted by molar-refractivity contribution is 8.05. The van der Waals surface area contributed by atoms with Crippen LogP contribution >= 0.6 is 23.1 Å². The van der Waals surface area contributed by atoms with E-state index in [1.165, 1.54) is 23.9 Å². The number of aromatic nitrogens is 1. The van der Waals surface area contributed by atoms with Crippen molar-refractivity contribution in [3.63, 3.8) is 0 Å². The van der Waals surface area contributed by atoms with Gasteiger partial charge in [-0.05, 0) is 47.7 Å². The quantitative estimate of drug-likeness (QED) is 0.499. The summed E-state index contributed by atoms with van der Waals surface area (Å²) in [4.78, 5) is 5.01. The Morgan fingerprint density at radius 1 is 1.19 bits per heavy atom. The molecule has 1 heterocycles. The van der Waals surface area contributed by atoms with Crippen LogP contribution in [0.5, 0.6) is 0 Å². The summed E-state index contributed by atoms with van der Waals surface area (Å²) >= 11 is 2.88. The number of benzene rings is 2. The lowest BCUT2D eigenvalue weighted by molar-refractivity contribution is 0.628. The lowest BCUT2D eigenvalue weighted by atomic mass is 10.2. The van der Waals surface area contributed by atoms with Crippen molar-refractivity contribution in [1.82, 2.24) is 4.98 Å². The van der Waals surface area contributed by atoms with Crippen molar-refractivity contribution < 1.29 is 4.39 Å². The third kappa shape index (κ3) is 3.30. The molecule has 0 saturated heterocycles. The van der Waals surface area contributed by atoms with Crippen LogP contribution in [-0.4, -0.2) is 4.98 Å². The van der Waals surface area contributed by atoms with Crippen molar-refractivity contribution in [3.8, 4) is 6.07 Å². The number of thiazole rings is 1. The van der Waals surface area contributed by atoms with Crippen molar-refractivity contribution in [2.75, 3.05) is 0 Å². The van der Waals surface area contributed by atoms with E-state index in [2.05, 4.69) is 11.1 Å². The molecule has 0 amide bonds. The second-order valence-corrected chi connectivity index (χ2v) is 6.54. The molecule has 1 aromatic heterocycles. The first-order chi connectivity index (χ1) is 10.2. The van der Waals surface area contributed by atoms with E-state index in [0.29, 0.717) is 4.91 Å². The molecule has 0 atom stereocenters. The molecule has 3 aromatic rings. The van der Waals surface area contributed by atoms with Gasteiger partial charge in [0.05, 0.1) is 15.1 Å². The minimum absolute atomic E-state index is 0.288. The van der Waals surface area contributed by atoms with Crippen LogP contribution in [0, 0.1) is 17.1 Å². The van der Waals surface area contributed by atoms with Crippen LogP contribution in [0.3, 0.4) is 0 Å². The van der Waals surface area contributed by atoms with Crippen molar-refractivity contribution in [2.45, 2.75) is 4.34 Å².